The third kappa shape index (κ3) is 0.929. The van der Waals surface area contributed by atoms with Crippen molar-refractivity contribution >= 4 is 16.9 Å². The molecular weight excluding hydrogens is 158 g/mol. The van der Waals surface area contributed by atoms with Gasteiger partial charge in [0, 0.05) is 20.1 Å². The minimum absolute atomic E-state index is 1.09. The Hall–Kier alpha value is -0.640. The van der Waals surface area contributed by atoms with Crippen LogP contribution in [-0.4, -0.2) is 35.3 Å². The maximum Gasteiger partial charge on any atom is 0.184 e. The molecule has 2 saturated heterocycles. The van der Waals surface area contributed by atoms with Crippen LogP contribution in [0, 0.1) is 0 Å². The second kappa shape index (κ2) is 2.44. The summed E-state index contributed by atoms with van der Waals surface area (Å²) in [6, 6.07) is 0. The number of amidine groups is 1. The summed E-state index contributed by atoms with van der Waals surface area (Å²) in [4.78, 5) is 4.18. The van der Waals surface area contributed by atoms with Crippen molar-refractivity contribution < 1.29 is 0 Å². The highest BCUT2D eigenvalue weighted by Gasteiger charge is 2.33. The average molecular weight is 169 g/mol. The largest absolute Gasteiger partial charge is 0.277 e. The van der Waals surface area contributed by atoms with Crippen molar-refractivity contribution in [3.8, 4) is 0 Å². The van der Waals surface area contributed by atoms with Gasteiger partial charge < -0.3 is 0 Å². The van der Waals surface area contributed by atoms with Crippen LogP contribution in [0.2, 0.25) is 0 Å². The molecule has 0 spiro atoms. The van der Waals surface area contributed by atoms with Crippen LogP contribution in [0.5, 0.6) is 0 Å². The second-order valence-electron chi connectivity index (χ2n) is 2.60. The van der Waals surface area contributed by atoms with E-state index in [9.17, 15) is 0 Å². The fraction of sp³-hybridized carbons (Fsp3) is 0.571. The minimum Gasteiger partial charge on any atom is -0.277 e. The van der Waals surface area contributed by atoms with Gasteiger partial charge in [0.05, 0.1) is 5.03 Å². The summed E-state index contributed by atoms with van der Waals surface area (Å²) in [6.07, 6.45) is 1.22. The Kier molecular flexibility index (Phi) is 1.56. The van der Waals surface area contributed by atoms with E-state index in [1.807, 2.05) is 7.05 Å². The summed E-state index contributed by atoms with van der Waals surface area (Å²) in [5.74, 6) is 0. The zero-order valence-corrected chi connectivity index (χ0v) is 7.39. The Labute approximate surface area is 70.7 Å². The summed E-state index contributed by atoms with van der Waals surface area (Å²) in [5.41, 5.74) is 0. The van der Waals surface area contributed by atoms with E-state index in [1.54, 1.807) is 11.8 Å². The number of thioether (sulfide) groups is 1. The van der Waals surface area contributed by atoms with Crippen molar-refractivity contribution in [2.45, 2.75) is 6.42 Å². The van der Waals surface area contributed by atoms with Crippen LogP contribution in [0.25, 0.3) is 0 Å². The molecular formula is C7H11N3S. The lowest BCUT2D eigenvalue weighted by Crippen LogP contribution is -2.30. The maximum absolute atomic E-state index is 4.18. The average Bonchev–Trinajstić information content (AvgIpc) is 2.54. The van der Waals surface area contributed by atoms with E-state index in [-0.39, 0.29) is 0 Å². The van der Waals surface area contributed by atoms with Crippen molar-refractivity contribution in [3.05, 3.63) is 11.6 Å². The fourth-order valence-corrected chi connectivity index (χ4v) is 2.33. The molecule has 11 heavy (non-hydrogen) atoms. The van der Waals surface area contributed by atoms with Gasteiger partial charge in [-0.25, -0.2) is 0 Å². The highest BCUT2D eigenvalue weighted by molar-refractivity contribution is 8.17. The molecule has 0 saturated carbocycles. The van der Waals surface area contributed by atoms with Crippen LogP contribution >= 0.6 is 11.8 Å². The summed E-state index contributed by atoms with van der Waals surface area (Å²) in [6.45, 7) is 6.16. The molecule has 0 bridgehead atoms. The molecule has 0 unspecified atom stereocenters. The quantitative estimate of drug-likeness (QED) is 0.541. The molecule has 0 aromatic heterocycles. The molecule has 2 heterocycles. The third-order valence-electron chi connectivity index (χ3n) is 1.94. The molecule has 0 aromatic carbocycles. The molecule has 0 aromatic rings. The van der Waals surface area contributed by atoms with Crippen molar-refractivity contribution in [1.29, 1.82) is 0 Å². The monoisotopic (exact) mass is 169 g/mol. The molecule has 3 nitrogen and oxygen atoms in total. The summed E-state index contributed by atoms with van der Waals surface area (Å²) >= 11 is 1.66. The van der Waals surface area contributed by atoms with Crippen LogP contribution in [0.1, 0.15) is 6.42 Å². The number of nitrogens with zero attached hydrogens (tertiary/aromatic N) is 3. The van der Waals surface area contributed by atoms with Gasteiger partial charge in [0.2, 0.25) is 0 Å². The predicted octanol–water partition coefficient (Wildman–Crippen LogP) is 1.11. The fourth-order valence-electron chi connectivity index (χ4n) is 1.44. The van der Waals surface area contributed by atoms with Gasteiger partial charge in [0.25, 0.3) is 0 Å². The molecule has 2 rings (SSSR count). The normalized spacial score (nSPS) is 27.0. The molecule has 0 radical (unpaired) electrons. The van der Waals surface area contributed by atoms with Crippen molar-refractivity contribution in [2.75, 3.05) is 20.1 Å². The van der Waals surface area contributed by atoms with E-state index in [2.05, 4.69) is 21.6 Å². The van der Waals surface area contributed by atoms with E-state index in [0.717, 1.165) is 23.3 Å². The second-order valence-corrected chi connectivity index (χ2v) is 3.64. The van der Waals surface area contributed by atoms with Crippen LogP contribution in [0.3, 0.4) is 0 Å². The zero-order chi connectivity index (χ0) is 7.84. The zero-order valence-electron chi connectivity index (χ0n) is 6.58. The van der Waals surface area contributed by atoms with Gasteiger partial charge in [-0.05, 0) is 18.2 Å². The highest BCUT2D eigenvalue weighted by Crippen LogP contribution is 2.35. The molecule has 0 amide bonds. The summed E-state index contributed by atoms with van der Waals surface area (Å²) in [7, 11) is 1.83. The molecule has 2 fully saturated rings. The van der Waals surface area contributed by atoms with E-state index in [1.165, 1.54) is 6.42 Å². The lowest BCUT2D eigenvalue weighted by Gasteiger charge is -2.20. The van der Waals surface area contributed by atoms with Gasteiger partial charge in [-0.3, -0.25) is 15.0 Å². The van der Waals surface area contributed by atoms with Gasteiger partial charge in [-0.2, -0.15) is 0 Å². The Morgan fingerprint density at radius 1 is 1.45 bits per heavy atom. The first-order valence-corrected chi connectivity index (χ1v) is 4.53. The topological polar surface area (TPSA) is 18.8 Å². The number of aliphatic imine (C=N–C) groups is 1. The van der Waals surface area contributed by atoms with Crippen LogP contribution in [0.15, 0.2) is 16.6 Å². The molecule has 4 heteroatoms. The van der Waals surface area contributed by atoms with E-state index < -0.39 is 0 Å². The molecule has 0 aliphatic carbocycles. The van der Waals surface area contributed by atoms with Crippen molar-refractivity contribution in [2.24, 2.45) is 4.99 Å². The highest BCUT2D eigenvalue weighted by atomic mass is 32.2. The summed E-state index contributed by atoms with van der Waals surface area (Å²) in [5, 5.41) is 6.61. The standard InChI is InChI=1S/C7H11N3S/c1-6-9-4-3-5-10(9)7(8-2)11-6/h1,3-5H2,2H3. The van der Waals surface area contributed by atoms with Gasteiger partial charge in [-0.15, -0.1) is 0 Å². The Balaban J connectivity index is 2.27. The maximum atomic E-state index is 4.18. The molecule has 2 aliphatic heterocycles. The van der Waals surface area contributed by atoms with E-state index in [4.69, 9.17) is 0 Å². The number of hydrazine groups is 1. The number of hydrogen-bond acceptors (Lipinski definition) is 3. The van der Waals surface area contributed by atoms with Gasteiger partial charge in [0.1, 0.15) is 0 Å². The van der Waals surface area contributed by atoms with Crippen LogP contribution in [0.4, 0.5) is 0 Å². The van der Waals surface area contributed by atoms with Crippen molar-refractivity contribution in [1.82, 2.24) is 10.0 Å². The first kappa shape index (κ1) is 7.03. The molecule has 60 valence electrons. The first-order chi connectivity index (χ1) is 5.33. The van der Waals surface area contributed by atoms with E-state index in [0.29, 0.717) is 0 Å². The Morgan fingerprint density at radius 2 is 2.18 bits per heavy atom. The lowest BCUT2D eigenvalue weighted by molar-refractivity contribution is 0.182. The predicted molar refractivity (Wildman–Crippen MR) is 48.1 cm³/mol. The van der Waals surface area contributed by atoms with Gasteiger partial charge in [0.15, 0.2) is 5.17 Å². The third-order valence-corrected chi connectivity index (χ3v) is 2.96. The van der Waals surface area contributed by atoms with Gasteiger partial charge in [-0.1, -0.05) is 6.58 Å². The molecule has 0 N–H and O–H groups in total. The smallest absolute Gasteiger partial charge is 0.184 e. The minimum atomic E-state index is 1.09. The molecule has 0 atom stereocenters. The molecule has 2 aliphatic rings. The van der Waals surface area contributed by atoms with Crippen molar-refractivity contribution in [3.63, 3.8) is 0 Å². The van der Waals surface area contributed by atoms with Gasteiger partial charge >= 0.3 is 0 Å². The number of fused-ring (bicyclic) bond motifs is 1. The van der Waals surface area contributed by atoms with Crippen LogP contribution < -0.4 is 0 Å². The lowest BCUT2D eigenvalue weighted by atomic mass is 10.5. The van der Waals surface area contributed by atoms with E-state index >= 15 is 0 Å². The SMILES string of the molecule is C=C1SC(=NC)N2CCCN12. The summed E-state index contributed by atoms with van der Waals surface area (Å²) < 4.78 is 0. The number of hydrogen-bond donors (Lipinski definition) is 0. The van der Waals surface area contributed by atoms with Crippen LogP contribution in [-0.2, 0) is 0 Å². The Morgan fingerprint density at radius 3 is 2.91 bits per heavy atom. The Bertz CT molecular complexity index is 224. The number of rotatable bonds is 0. The first-order valence-electron chi connectivity index (χ1n) is 3.71.